The summed E-state index contributed by atoms with van der Waals surface area (Å²) in [4.78, 5) is 15.4. The van der Waals surface area contributed by atoms with Gasteiger partial charge in [-0.15, -0.1) is 0 Å². The number of hydrogen-bond acceptors (Lipinski definition) is 7. The van der Waals surface area contributed by atoms with Crippen LogP contribution >= 0.6 is 0 Å². The van der Waals surface area contributed by atoms with Gasteiger partial charge in [0.15, 0.2) is 0 Å². The van der Waals surface area contributed by atoms with Crippen molar-refractivity contribution >= 4 is 15.9 Å². The van der Waals surface area contributed by atoms with Gasteiger partial charge < -0.3 is 23.8 Å². The predicted molar refractivity (Wildman–Crippen MR) is 131 cm³/mol. The molecule has 0 spiro atoms. The number of carbonyl (C=O) groups is 1. The van der Waals surface area contributed by atoms with Gasteiger partial charge in [-0.2, -0.15) is 4.72 Å². The zero-order valence-electron chi connectivity index (χ0n) is 20.1. The maximum atomic E-state index is 13.7. The number of nitrogens with zero attached hydrogens (tertiary/aromatic N) is 1. The lowest BCUT2D eigenvalue weighted by Crippen LogP contribution is -2.45. The summed E-state index contributed by atoms with van der Waals surface area (Å²) >= 11 is 0. The van der Waals surface area contributed by atoms with Crippen LogP contribution in [0.15, 0.2) is 59.5 Å². The minimum Gasteiger partial charge on any atom is -0.377 e. The van der Waals surface area contributed by atoms with E-state index in [2.05, 4.69) is 4.72 Å². The Hall–Kier alpha value is -2.34. The Kier molecular flexibility index (Phi) is 11.1. The van der Waals surface area contributed by atoms with E-state index in [1.54, 1.807) is 41.3 Å². The van der Waals surface area contributed by atoms with Gasteiger partial charge in [0.2, 0.25) is 15.9 Å². The largest absolute Gasteiger partial charge is 0.377 e. The van der Waals surface area contributed by atoms with Crippen molar-refractivity contribution in [3.63, 3.8) is 0 Å². The third-order valence-electron chi connectivity index (χ3n) is 5.42. The summed E-state index contributed by atoms with van der Waals surface area (Å²) in [6, 6.07) is 14.2. The van der Waals surface area contributed by atoms with E-state index < -0.39 is 16.1 Å². The van der Waals surface area contributed by atoms with Crippen LogP contribution in [0.25, 0.3) is 0 Å². The average molecular weight is 507 g/mol. The van der Waals surface area contributed by atoms with E-state index in [4.69, 9.17) is 18.9 Å². The number of sulfonamides is 1. The average Bonchev–Trinajstić information content (AvgIpc) is 2.87. The quantitative estimate of drug-likeness (QED) is 0.661. The van der Waals surface area contributed by atoms with Crippen LogP contribution in [0.5, 0.6) is 0 Å². The lowest BCUT2D eigenvalue weighted by Gasteiger charge is -2.28. The fourth-order valence-corrected chi connectivity index (χ4v) is 4.65. The summed E-state index contributed by atoms with van der Waals surface area (Å²) in [5, 5.41) is 0. The molecule has 1 fully saturated rings. The highest BCUT2D eigenvalue weighted by molar-refractivity contribution is 7.89. The molecule has 2 aromatic rings. The van der Waals surface area contributed by atoms with Crippen LogP contribution < -0.4 is 4.72 Å². The standard InChI is InChI=1S/C25H34N2O7S/c1-21-7-9-23(10-8-21)35(29,30)26-24(22-5-3-2-4-6-22)25(28)27-11-13-31-15-17-33-19-20-34-18-16-32-14-12-27/h2-10,24,26H,11-20H2,1H3/t24-/m1/s1. The maximum Gasteiger partial charge on any atom is 0.245 e. The first-order chi connectivity index (χ1) is 17.0. The van der Waals surface area contributed by atoms with Crippen molar-refractivity contribution in [3.8, 4) is 0 Å². The van der Waals surface area contributed by atoms with E-state index in [0.29, 0.717) is 45.2 Å². The lowest BCUT2D eigenvalue weighted by molar-refractivity contribution is -0.134. The third-order valence-corrected chi connectivity index (χ3v) is 6.86. The Balaban J connectivity index is 1.79. The molecule has 1 atom stereocenters. The van der Waals surface area contributed by atoms with Gasteiger partial charge in [0, 0.05) is 13.1 Å². The Bertz CT molecular complexity index is 984. The first kappa shape index (κ1) is 27.3. The molecule has 1 amide bonds. The van der Waals surface area contributed by atoms with Gasteiger partial charge >= 0.3 is 0 Å². The molecule has 1 N–H and O–H groups in total. The number of carbonyl (C=O) groups excluding carboxylic acids is 1. The molecule has 0 aliphatic carbocycles. The molecule has 10 heteroatoms. The van der Waals surface area contributed by atoms with E-state index in [0.717, 1.165) is 5.56 Å². The number of aryl methyl sites for hydroxylation is 1. The van der Waals surface area contributed by atoms with Crippen molar-refractivity contribution < 1.29 is 32.2 Å². The molecule has 2 aromatic carbocycles. The number of rotatable bonds is 5. The van der Waals surface area contributed by atoms with Crippen molar-refractivity contribution in [3.05, 3.63) is 65.7 Å². The Morgan fingerprint density at radius 1 is 0.771 bits per heavy atom. The van der Waals surface area contributed by atoms with Crippen LogP contribution in [0, 0.1) is 6.92 Å². The van der Waals surface area contributed by atoms with Crippen molar-refractivity contribution in [1.82, 2.24) is 9.62 Å². The molecule has 1 aliphatic rings. The second-order valence-corrected chi connectivity index (χ2v) is 9.77. The summed E-state index contributed by atoms with van der Waals surface area (Å²) in [5.41, 5.74) is 1.49. The molecule has 0 unspecified atom stereocenters. The Morgan fingerprint density at radius 2 is 1.26 bits per heavy atom. The second kappa shape index (κ2) is 14.3. The summed E-state index contributed by atoms with van der Waals surface area (Å²) in [7, 11) is -3.95. The van der Waals surface area contributed by atoms with Gasteiger partial charge in [0.1, 0.15) is 6.04 Å². The molecule has 3 rings (SSSR count). The normalized spacial score (nSPS) is 18.3. The van der Waals surface area contributed by atoms with Crippen LogP contribution in [0.3, 0.4) is 0 Å². The summed E-state index contributed by atoms with van der Waals surface area (Å²) < 4.78 is 51.1. The number of amides is 1. The van der Waals surface area contributed by atoms with E-state index in [-0.39, 0.29) is 37.1 Å². The van der Waals surface area contributed by atoms with Crippen LogP contribution in [-0.4, -0.2) is 85.2 Å². The van der Waals surface area contributed by atoms with Gasteiger partial charge in [-0.1, -0.05) is 48.0 Å². The highest BCUT2D eigenvalue weighted by Gasteiger charge is 2.30. The molecule has 0 radical (unpaired) electrons. The Labute approximate surface area is 207 Å². The monoisotopic (exact) mass is 506 g/mol. The van der Waals surface area contributed by atoms with Crippen LogP contribution in [0.2, 0.25) is 0 Å². The lowest BCUT2D eigenvalue weighted by atomic mass is 10.1. The Morgan fingerprint density at radius 3 is 1.77 bits per heavy atom. The van der Waals surface area contributed by atoms with Gasteiger partial charge in [-0.3, -0.25) is 4.79 Å². The molecule has 1 saturated heterocycles. The molecule has 0 saturated carbocycles. The number of nitrogens with one attached hydrogen (secondary N) is 1. The molecule has 9 nitrogen and oxygen atoms in total. The summed E-state index contributed by atoms with van der Waals surface area (Å²) in [6.07, 6.45) is 0. The second-order valence-electron chi connectivity index (χ2n) is 8.05. The highest BCUT2D eigenvalue weighted by Crippen LogP contribution is 2.20. The first-order valence-corrected chi connectivity index (χ1v) is 13.2. The zero-order chi connectivity index (χ0) is 24.9. The fourth-order valence-electron chi connectivity index (χ4n) is 3.47. The van der Waals surface area contributed by atoms with Gasteiger partial charge in [0.25, 0.3) is 0 Å². The molecule has 0 bridgehead atoms. The molecule has 0 aromatic heterocycles. The number of benzene rings is 2. The molecule has 1 heterocycles. The van der Waals surface area contributed by atoms with Gasteiger partial charge in [-0.25, -0.2) is 8.42 Å². The number of hydrogen-bond donors (Lipinski definition) is 1. The van der Waals surface area contributed by atoms with Crippen molar-refractivity contribution in [2.75, 3.05) is 65.9 Å². The summed E-state index contributed by atoms with van der Waals surface area (Å²) in [5.74, 6) is -0.379. The molecule has 35 heavy (non-hydrogen) atoms. The van der Waals surface area contributed by atoms with E-state index >= 15 is 0 Å². The van der Waals surface area contributed by atoms with Crippen LogP contribution in [-0.2, 0) is 33.8 Å². The summed E-state index contributed by atoms with van der Waals surface area (Å²) in [6.45, 7) is 5.62. The predicted octanol–water partition coefficient (Wildman–Crippen LogP) is 1.92. The topological polar surface area (TPSA) is 103 Å². The van der Waals surface area contributed by atoms with Crippen LogP contribution in [0.1, 0.15) is 17.2 Å². The SMILES string of the molecule is Cc1ccc(S(=O)(=O)N[C@@H](C(=O)N2CCOCCOCCOCCOCC2)c2ccccc2)cc1. The van der Waals surface area contributed by atoms with Gasteiger partial charge in [0.05, 0.1) is 57.8 Å². The van der Waals surface area contributed by atoms with Crippen molar-refractivity contribution in [1.29, 1.82) is 0 Å². The van der Waals surface area contributed by atoms with E-state index in [1.165, 1.54) is 12.1 Å². The minimum atomic E-state index is -3.95. The van der Waals surface area contributed by atoms with Gasteiger partial charge in [-0.05, 0) is 24.6 Å². The highest BCUT2D eigenvalue weighted by atomic mass is 32.2. The molecule has 192 valence electrons. The van der Waals surface area contributed by atoms with Crippen LogP contribution in [0.4, 0.5) is 0 Å². The zero-order valence-corrected chi connectivity index (χ0v) is 20.9. The molecule has 1 aliphatic heterocycles. The van der Waals surface area contributed by atoms with E-state index in [1.807, 2.05) is 13.0 Å². The molecular formula is C25H34N2O7S. The number of ether oxygens (including phenoxy) is 4. The van der Waals surface area contributed by atoms with E-state index in [9.17, 15) is 13.2 Å². The molecular weight excluding hydrogens is 472 g/mol. The maximum absolute atomic E-state index is 13.7. The fraction of sp³-hybridized carbons (Fsp3) is 0.480. The first-order valence-electron chi connectivity index (χ1n) is 11.7. The third kappa shape index (κ3) is 8.99. The smallest absolute Gasteiger partial charge is 0.245 e. The van der Waals surface area contributed by atoms with Crippen molar-refractivity contribution in [2.45, 2.75) is 17.9 Å². The van der Waals surface area contributed by atoms with Crippen molar-refractivity contribution in [2.24, 2.45) is 0 Å². The minimum absolute atomic E-state index is 0.0977.